The van der Waals surface area contributed by atoms with Crippen molar-refractivity contribution in [2.45, 2.75) is 33.1 Å². The van der Waals surface area contributed by atoms with Crippen molar-refractivity contribution in [2.24, 2.45) is 5.92 Å². The SMILES string of the molecule is COc1ccccc1N(CC(=O)NCCC(C)C)C(=O)CCC(=O)Nc1ccccn1. The Bertz CT molecular complexity index is 871. The van der Waals surface area contributed by atoms with Crippen LogP contribution in [0.2, 0.25) is 0 Å². The van der Waals surface area contributed by atoms with E-state index in [2.05, 4.69) is 29.5 Å². The fraction of sp³-hybridized carbons (Fsp3) is 0.391. The minimum atomic E-state index is -0.348. The Morgan fingerprint density at radius 1 is 1.03 bits per heavy atom. The van der Waals surface area contributed by atoms with Crippen molar-refractivity contribution < 1.29 is 19.1 Å². The Balaban J connectivity index is 2.05. The second kappa shape index (κ2) is 12.3. The van der Waals surface area contributed by atoms with Crippen LogP contribution in [-0.4, -0.2) is 42.9 Å². The number of hydrogen-bond acceptors (Lipinski definition) is 5. The van der Waals surface area contributed by atoms with E-state index in [1.54, 1.807) is 48.7 Å². The summed E-state index contributed by atoms with van der Waals surface area (Å²) < 4.78 is 5.36. The molecule has 31 heavy (non-hydrogen) atoms. The molecule has 8 nitrogen and oxygen atoms in total. The summed E-state index contributed by atoms with van der Waals surface area (Å²) in [5.41, 5.74) is 0.485. The van der Waals surface area contributed by atoms with Crippen molar-refractivity contribution in [2.75, 3.05) is 30.4 Å². The molecule has 0 saturated heterocycles. The summed E-state index contributed by atoms with van der Waals surface area (Å²) in [4.78, 5) is 43.0. The normalized spacial score (nSPS) is 10.5. The lowest BCUT2D eigenvalue weighted by Crippen LogP contribution is -2.41. The van der Waals surface area contributed by atoms with Crippen LogP contribution in [-0.2, 0) is 14.4 Å². The first-order valence-corrected chi connectivity index (χ1v) is 10.3. The summed E-state index contributed by atoms with van der Waals surface area (Å²) in [5, 5.41) is 5.50. The lowest BCUT2D eigenvalue weighted by Gasteiger charge is -2.24. The van der Waals surface area contributed by atoms with Gasteiger partial charge in [-0.25, -0.2) is 4.98 Å². The second-order valence-corrected chi connectivity index (χ2v) is 7.45. The minimum Gasteiger partial charge on any atom is -0.495 e. The van der Waals surface area contributed by atoms with E-state index in [4.69, 9.17) is 4.74 Å². The van der Waals surface area contributed by atoms with Crippen LogP contribution in [0.25, 0.3) is 0 Å². The van der Waals surface area contributed by atoms with Gasteiger partial charge in [-0.05, 0) is 36.6 Å². The summed E-state index contributed by atoms with van der Waals surface area (Å²) in [7, 11) is 1.50. The average molecular weight is 427 g/mol. The molecule has 0 saturated carbocycles. The van der Waals surface area contributed by atoms with Gasteiger partial charge in [0.15, 0.2) is 0 Å². The van der Waals surface area contributed by atoms with Crippen LogP contribution < -0.4 is 20.3 Å². The van der Waals surface area contributed by atoms with Crippen LogP contribution in [0.4, 0.5) is 11.5 Å². The molecule has 0 atom stereocenters. The van der Waals surface area contributed by atoms with Crippen LogP contribution in [0, 0.1) is 5.92 Å². The Morgan fingerprint density at radius 2 is 1.77 bits per heavy atom. The van der Waals surface area contributed by atoms with Crippen molar-refractivity contribution in [1.29, 1.82) is 0 Å². The van der Waals surface area contributed by atoms with E-state index in [0.717, 1.165) is 6.42 Å². The summed E-state index contributed by atoms with van der Waals surface area (Å²) >= 11 is 0. The van der Waals surface area contributed by atoms with E-state index in [-0.39, 0.29) is 37.1 Å². The predicted octanol–water partition coefficient (Wildman–Crippen LogP) is 3.00. The van der Waals surface area contributed by atoms with Crippen molar-refractivity contribution in [3.63, 3.8) is 0 Å². The third kappa shape index (κ3) is 8.08. The molecule has 1 aromatic heterocycles. The third-order valence-corrected chi connectivity index (χ3v) is 4.52. The Hall–Kier alpha value is -3.42. The molecule has 0 spiro atoms. The van der Waals surface area contributed by atoms with Gasteiger partial charge in [0.05, 0.1) is 12.8 Å². The summed E-state index contributed by atoms with van der Waals surface area (Å²) in [6, 6.07) is 12.2. The Labute approximate surface area is 183 Å². The minimum absolute atomic E-state index is 0.0317. The number of ether oxygens (including phenoxy) is 1. The van der Waals surface area contributed by atoms with Crippen molar-refractivity contribution in [1.82, 2.24) is 10.3 Å². The van der Waals surface area contributed by atoms with Gasteiger partial charge in [0.1, 0.15) is 18.1 Å². The molecule has 2 N–H and O–H groups in total. The molecule has 166 valence electrons. The van der Waals surface area contributed by atoms with Crippen molar-refractivity contribution >= 4 is 29.2 Å². The number of carbonyl (C=O) groups excluding carboxylic acids is 3. The molecule has 1 heterocycles. The number of carbonyl (C=O) groups is 3. The van der Waals surface area contributed by atoms with Crippen molar-refractivity contribution in [3.05, 3.63) is 48.7 Å². The summed E-state index contributed by atoms with van der Waals surface area (Å²) in [5.74, 6) is 0.422. The Morgan fingerprint density at radius 3 is 2.45 bits per heavy atom. The maximum atomic E-state index is 13.0. The highest BCUT2D eigenvalue weighted by Crippen LogP contribution is 2.28. The number of aromatic nitrogens is 1. The highest BCUT2D eigenvalue weighted by atomic mass is 16.5. The Kier molecular flexibility index (Phi) is 9.48. The summed E-state index contributed by atoms with van der Waals surface area (Å²) in [6.07, 6.45) is 2.33. The lowest BCUT2D eigenvalue weighted by atomic mass is 10.1. The fourth-order valence-electron chi connectivity index (χ4n) is 2.86. The first-order chi connectivity index (χ1) is 14.9. The maximum absolute atomic E-state index is 13.0. The first-order valence-electron chi connectivity index (χ1n) is 10.3. The topological polar surface area (TPSA) is 101 Å². The maximum Gasteiger partial charge on any atom is 0.240 e. The van der Waals surface area contributed by atoms with Gasteiger partial charge in [0.25, 0.3) is 0 Å². The van der Waals surface area contributed by atoms with Crippen LogP contribution in [0.15, 0.2) is 48.7 Å². The smallest absolute Gasteiger partial charge is 0.240 e. The molecule has 0 unspecified atom stereocenters. The zero-order valence-electron chi connectivity index (χ0n) is 18.3. The van der Waals surface area contributed by atoms with E-state index in [1.165, 1.54) is 12.0 Å². The van der Waals surface area contributed by atoms with Gasteiger partial charge in [-0.15, -0.1) is 0 Å². The zero-order chi connectivity index (χ0) is 22.6. The van der Waals surface area contributed by atoms with Crippen molar-refractivity contribution in [3.8, 4) is 5.75 Å². The van der Waals surface area contributed by atoms with E-state index in [0.29, 0.717) is 29.7 Å². The van der Waals surface area contributed by atoms with Gasteiger partial charge in [-0.1, -0.05) is 32.0 Å². The molecule has 0 radical (unpaired) electrons. The number of nitrogens with one attached hydrogen (secondary N) is 2. The van der Waals surface area contributed by atoms with Gasteiger partial charge in [0, 0.05) is 25.6 Å². The fourth-order valence-corrected chi connectivity index (χ4v) is 2.86. The number of para-hydroxylation sites is 2. The molecule has 0 aliphatic carbocycles. The van der Waals surface area contributed by atoms with E-state index >= 15 is 0 Å². The summed E-state index contributed by atoms with van der Waals surface area (Å²) in [6.45, 7) is 4.54. The number of nitrogens with zero attached hydrogens (tertiary/aromatic N) is 2. The van der Waals surface area contributed by atoms with E-state index in [1.807, 2.05) is 0 Å². The van der Waals surface area contributed by atoms with Crippen LogP contribution >= 0.6 is 0 Å². The zero-order valence-corrected chi connectivity index (χ0v) is 18.3. The highest BCUT2D eigenvalue weighted by Gasteiger charge is 2.22. The number of hydrogen-bond donors (Lipinski definition) is 2. The van der Waals surface area contributed by atoms with Gasteiger partial charge < -0.3 is 15.4 Å². The largest absolute Gasteiger partial charge is 0.495 e. The molecular weight excluding hydrogens is 396 g/mol. The monoisotopic (exact) mass is 426 g/mol. The number of benzene rings is 1. The first kappa shape index (κ1) is 23.9. The molecule has 0 aliphatic rings. The van der Waals surface area contributed by atoms with Crippen LogP contribution in [0.3, 0.4) is 0 Å². The highest BCUT2D eigenvalue weighted by molar-refractivity contribution is 6.02. The predicted molar refractivity (Wildman–Crippen MR) is 120 cm³/mol. The molecule has 0 fully saturated rings. The number of methoxy groups -OCH3 is 1. The van der Waals surface area contributed by atoms with Gasteiger partial charge in [-0.2, -0.15) is 0 Å². The number of pyridine rings is 1. The molecular formula is C23H30N4O4. The molecule has 8 heteroatoms. The average Bonchev–Trinajstić information content (AvgIpc) is 2.76. The van der Waals surface area contributed by atoms with Gasteiger partial charge >= 0.3 is 0 Å². The van der Waals surface area contributed by atoms with Gasteiger partial charge in [0.2, 0.25) is 17.7 Å². The second-order valence-electron chi connectivity index (χ2n) is 7.45. The standard InChI is InChI=1S/C23H30N4O4/c1-17(2)13-15-25-22(29)16-27(18-8-4-5-9-19(18)31-3)23(30)12-11-21(28)26-20-10-6-7-14-24-20/h4-10,14,17H,11-13,15-16H2,1-3H3,(H,25,29)(H,24,26,28). The van der Waals surface area contributed by atoms with Crippen LogP contribution in [0.5, 0.6) is 5.75 Å². The molecule has 2 aromatic rings. The van der Waals surface area contributed by atoms with Crippen LogP contribution in [0.1, 0.15) is 33.1 Å². The molecule has 1 aromatic carbocycles. The number of anilines is 2. The molecule has 3 amide bonds. The third-order valence-electron chi connectivity index (χ3n) is 4.52. The molecule has 2 rings (SSSR count). The molecule has 0 aliphatic heterocycles. The number of rotatable bonds is 11. The quantitative estimate of drug-likeness (QED) is 0.575. The van der Waals surface area contributed by atoms with E-state index < -0.39 is 0 Å². The van der Waals surface area contributed by atoms with Gasteiger partial charge in [-0.3, -0.25) is 19.3 Å². The van der Waals surface area contributed by atoms with E-state index in [9.17, 15) is 14.4 Å². The lowest BCUT2D eigenvalue weighted by molar-refractivity contribution is -0.125. The number of amides is 3. The molecule has 0 bridgehead atoms.